The molecular formula is C25H28O8. The summed E-state index contributed by atoms with van der Waals surface area (Å²) >= 11 is 0. The third-order valence-electron chi connectivity index (χ3n) is 4.16. The van der Waals surface area contributed by atoms with Gasteiger partial charge < -0.3 is 23.4 Å². The predicted molar refractivity (Wildman–Crippen MR) is 123 cm³/mol. The van der Waals surface area contributed by atoms with Crippen LogP contribution in [0.1, 0.15) is 41.5 Å². The summed E-state index contributed by atoms with van der Waals surface area (Å²) in [6.07, 6.45) is 0. The Morgan fingerprint density at radius 1 is 0.818 bits per heavy atom. The molecule has 3 aromatic rings. The maximum absolute atomic E-state index is 13.1. The molecule has 0 N–H and O–H groups in total. The van der Waals surface area contributed by atoms with E-state index in [0.29, 0.717) is 11.0 Å². The van der Waals surface area contributed by atoms with Crippen LogP contribution in [0.4, 0.5) is 0 Å². The first-order chi connectivity index (χ1) is 15.3. The maximum atomic E-state index is 13.1. The number of para-hydroxylation sites is 1. The second-order valence-electron chi connectivity index (χ2n) is 9.47. The standard InChI is InChI=1S/C25H28O8/c1-24(2,3)32-20(26)13-29-15-11-18(30-14-21(27)33-25(4,5)6)22-19(12-15)31-17-10-8-7-9-16(17)23(22)28/h7-12H,13-14H2,1-6H3. The number of carbonyl (C=O) groups is 2. The molecule has 0 atom stereocenters. The molecule has 0 fully saturated rings. The fourth-order valence-corrected chi connectivity index (χ4v) is 3.08. The third-order valence-corrected chi connectivity index (χ3v) is 4.16. The summed E-state index contributed by atoms with van der Waals surface area (Å²) in [5.74, 6) is -0.859. The minimum atomic E-state index is -0.684. The first-order valence-corrected chi connectivity index (χ1v) is 10.5. The number of hydrogen-bond donors (Lipinski definition) is 0. The zero-order valence-corrected chi connectivity index (χ0v) is 19.6. The van der Waals surface area contributed by atoms with Crippen molar-refractivity contribution in [3.8, 4) is 11.5 Å². The van der Waals surface area contributed by atoms with E-state index in [1.807, 2.05) is 0 Å². The zero-order valence-electron chi connectivity index (χ0n) is 19.6. The van der Waals surface area contributed by atoms with E-state index in [2.05, 4.69) is 0 Å². The second-order valence-corrected chi connectivity index (χ2v) is 9.47. The van der Waals surface area contributed by atoms with Gasteiger partial charge in [0, 0.05) is 12.1 Å². The van der Waals surface area contributed by atoms with Crippen LogP contribution in [-0.4, -0.2) is 36.4 Å². The number of carbonyl (C=O) groups excluding carboxylic acids is 2. The molecular weight excluding hydrogens is 428 g/mol. The molecule has 1 heterocycles. The number of esters is 2. The molecule has 0 saturated heterocycles. The smallest absolute Gasteiger partial charge is 0.344 e. The molecule has 0 saturated carbocycles. The molecule has 8 heteroatoms. The fourth-order valence-electron chi connectivity index (χ4n) is 3.08. The normalized spacial score (nSPS) is 11.9. The Labute approximate surface area is 191 Å². The van der Waals surface area contributed by atoms with Gasteiger partial charge in [-0.3, -0.25) is 4.79 Å². The number of ether oxygens (including phenoxy) is 4. The minimum absolute atomic E-state index is 0.0806. The first-order valence-electron chi connectivity index (χ1n) is 10.5. The average Bonchev–Trinajstić information content (AvgIpc) is 2.68. The molecule has 0 amide bonds. The van der Waals surface area contributed by atoms with Gasteiger partial charge in [-0.25, -0.2) is 9.59 Å². The Balaban J connectivity index is 1.97. The van der Waals surface area contributed by atoms with Crippen molar-refractivity contribution in [1.29, 1.82) is 0 Å². The van der Waals surface area contributed by atoms with Gasteiger partial charge in [0.2, 0.25) is 5.43 Å². The molecule has 8 nitrogen and oxygen atoms in total. The van der Waals surface area contributed by atoms with E-state index in [1.54, 1.807) is 65.8 Å². The van der Waals surface area contributed by atoms with Crippen LogP contribution in [0.5, 0.6) is 11.5 Å². The van der Waals surface area contributed by atoms with Crippen LogP contribution < -0.4 is 14.9 Å². The van der Waals surface area contributed by atoms with Crippen molar-refractivity contribution in [2.45, 2.75) is 52.7 Å². The Kier molecular flexibility index (Phi) is 6.67. The average molecular weight is 456 g/mol. The number of benzene rings is 2. The third kappa shape index (κ3) is 6.47. The van der Waals surface area contributed by atoms with Crippen LogP contribution in [0.3, 0.4) is 0 Å². The van der Waals surface area contributed by atoms with Crippen LogP contribution in [0.15, 0.2) is 45.6 Å². The van der Waals surface area contributed by atoms with Crippen molar-refractivity contribution in [3.63, 3.8) is 0 Å². The van der Waals surface area contributed by atoms with Gasteiger partial charge in [0.05, 0.1) is 5.39 Å². The van der Waals surface area contributed by atoms with E-state index in [1.165, 1.54) is 12.1 Å². The fraction of sp³-hybridized carbons (Fsp3) is 0.400. The summed E-state index contributed by atoms with van der Waals surface area (Å²) < 4.78 is 27.6. The SMILES string of the molecule is CC(C)(C)OC(=O)COc1cc(OCC(=O)OC(C)(C)C)c2c(=O)c3ccccc3oc2c1. The van der Waals surface area contributed by atoms with Crippen LogP contribution in [0, 0.1) is 0 Å². The topological polar surface area (TPSA) is 101 Å². The Hall–Kier alpha value is -3.55. The molecule has 2 aromatic carbocycles. The second kappa shape index (κ2) is 9.13. The van der Waals surface area contributed by atoms with Gasteiger partial charge in [0.25, 0.3) is 0 Å². The molecule has 1 aromatic heterocycles. The summed E-state index contributed by atoms with van der Waals surface area (Å²) in [7, 11) is 0. The van der Waals surface area contributed by atoms with E-state index in [-0.39, 0.29) is 34.5 Å². The van der Waals surface area contributed by atoms with Crippen molar-refractivity contribution < 1.29 is 33.0 Å². The zero-order chi connectivity index (χ0) is 24.4. The largest absolute Gasteiger partial charge is 0.482 e. The summed E-state index contributed by atoms with van der Waals surface area (Å²) in [6, 6.07) is 9.72. The summed E-state index contributed by atoms with van der Waals surface area (Å²) in [5, 5.41) is 0.524. The van der Waals surface area contributed by atoms with Gasteiger partial charge in [0.1, 0.15) is 39.3 Å². The quantitative estimate of drug-likeness (QED) is 0.398. The van der Waals surface area contributed by atoms with Gasteiger partial charge in [-0.1, -0.05) is 12.1 Å². The Morgan fingerprint density at radius 2 is 1.39 bits per heavy atom. The van der Waals surface area contributed by atoms with Crippen molar-refractivity contribution >= 4 is 33.9 Å². The predicted octanol–water partition coefficient (Wildman–Crippen LogP) is 4.39. The van der Waals surface area contributed by atoms with Gasteiger partial charge in [0.15, 0.2) is 13.2 Å². The van der Waals surface area contributed by atoms with E-state index in [9.17, 15) is 14.4 Å². The first kappa shape index (κ1) is 24.1. The van der Waals surface area contributed by atoms with Gasteiger partial charge in [-0.05, 0) is 53.7 Å². The van der Waals surface area contributed by atoms with Crippen LogP contribution >= 0.6 is 0 Å². The highest BCUT2D eigenvalue weighted by Crippen LogP contribution is 2.31. The van der Waals surface area contributed by atoms with Crippen LogP contribution in [0.25, 0.3) is 21.9 Å². The molecule has 0 unspecified atom stereocenters. The molecule has 0 aliphatic rings. The summed E-state index contributed by atoms with van der Waals surface area (Å²) in [5.41, 5.74) is -1.07. The lowest BCUT2D eigenvalue weighted by Gasteiger charge is -2.20. The molecule has 0 aliphatic heterocycles. The number of rotatable bonds is 6. The molecule has 176 valence electrons. The molecule has 3 rings (SSSR count). The van der Waals surface area contributed by atoms with E-state index >= 15 is 0 Å². The van der Waals surface area contributed by atoms with Gasteiger partial charge in [-0.2, -0.15) is 0 Å². The molecule has 0 aliphatic carbocycles. The summed E-state index contributed by atoms with van der Waals surface area (Å²) in [4.78, 5) is 37.3. The van der Waals surface area contributed by atoms with Crippen molar-refractivity contribution in [2.75, 3.05) is 13.2 Å². The highest BCUT2D eigenvalue weighted by molar-refractivity contribution is 5.94. The van der Waals surface area contributed by atoms with Gasteiger partial charge >= 0.3 is 11.9 Å². The van der Waals surface area contributed by atoms with E-state index < -0.39 is 29.7 Å². The lowest BCUT2D eigenvalue weighted by molar-refractivity contribution is -0.158. The highest BCUT2D eigenvalue weighted by Gasteiger charge is 2.21. The maximum Gasteiger partial charge on any atom is 0.344 e. The van der Waals surface area contributed by atoms with Crippen molar-refractivity contribution in [2.24, 2.45) is 0 Å². The van der Waals surface area contributed by atoms with Crippen molar-refractivity contribution in [3.05, 3.63) is 46.6 Å². The Morgan fingerprint density at radius 3 is 2.00 bits per heavy atom. The lowest BCUT2D eigenvalue weighted by atomic mass is 10.1. The highest BCUT2D eigenvalue weighted by atomic mass is 16.6. The van der Waals surface area contributed by atoms with Crippen LogP contribution in [0.2, 0.25) is 0 Å². The van der Waals surface area contributed by atoms with Gasteiger partial charge in [-0.15, -0.1) is 0 Å². The molecule has 33 heavy (non-hydrogen) atoms. The number of fused-ring (bicyclic) bond motifs is 2. The van der Waals surface area contributed by atoms with Crippen LogP contribution in [-0.2, 0) is 19.1 Å². The lowest BCUT2D eigenvalue weighted by Crippen LogP contribution is -2.27. The van der Waals surface area contributed by atoms with E-state index in [4.69, 9.17) is 23.4 Å². The minimum Gasteiger partial charge on any atom is -0.482 e. The molecule has 0 radical (unpaired) electrons. The monoisotopic (exact) mass is 456 g/mol. The Bertz CT molecular complexity index is 1240. The molecule has 0 spiro atoms. The van der Waals surface area contributed by atoms with E-state index in [0.717, 1.165) is 0 Å². The van der Waals surface area contributed by atoms with Crippen molar-refractivity contribution in [1.82, 2.24) is 0 Å². The number of hydrogen-bond acceptors (Lipinski definition) is 8. The summed E-state index contributed by atoms with van der Waals surface area (Å²) in [6.45, 7) is 9.71. The molecule has 0 bridgehead atoms.